The molecule has 0 unspecified atom stereocenters. The summed E-state index contributed by atoms with van der Waals surface area (Å²) in [6, 6.07) is 7.73. The van der Waals surface area contributed by atoms with Crippen molar-refractivity contribution in [1.29, 1.82) is 0 Å². The molecule has 140 valence electrons. The zero-order chi connectivity index (χ0) is 19.4. The molecular weight excluding hydrogens is 342 g/mol. The first-order chi connectivity index (χ1) is 12.4. The standard InChI is InChI=1S/C18H21NO7/c1-2-25-17(23)15(20)11-7-6-10-14(16(21)22)19-18(24)26-12-13-8-4-3-5-9-13/h3-9,14H,2,10-12H2,1H3,(H,19,24)(H,21,22)/b7-6-/t14-/m0/s1. The Morgan fingerprint density at radius 3 is 2.42 bits per heavy atom. The molecule has 0 fully saturated rings. The molecule has 0 heterocycles. The molecule has 1 atom stereocenters. The van der Waals surface area contributed by atoms with Gasteiger partial charge in [0.2, 0.25) is 5.78 Å². The van der Waals surface area contributed by atoms with Gasteiger partial charge in [0.25, 0.3) is 0 Å². The molecule has 0 aromatic heterocycles. The summed E-state index contributed by atoms with van der Waals surface area (Å²) < 4.78 is 9.50. The SMILES string of the molecule is CCOC(=O)C(=O)C/C=C\C[C@H](NC(=O)OCc1ccccc1)C(=O)O. The zero-order valence-electron chi connectivity index (χ0n) is 14.3. The lowest BCUT2D eigenvalue weighted by atomic mass is 10.1. The summed E-state index contributed by atoms with van der Waals surface area (Å²) in [5.41, 5.74) is 0.770. The maximum absolute atomic E-state index is 11.7. The smallest absolute Gasteiger partial charge is 0.408 e. The van der Waals surface area contributed by atoms with Crippen LogP contribution in [0.15, 0.2) is 42.5 Å². The third kappa shape index (κ3) is 8.09. The highest BCUT2D eigenvalue weighted by Gasteiger charge is 2.19. The van der Waals surface area contributed by atoms with Crippen LogP contribution >= 0.6 is 0 Å². The first-order valence-corrected chi connectivity index (χ1v) is 7.99. The summed E-state index contributed by atoms with van der Waals surface area (Å²) in [4.78, 5) is 45.4. The molecule has 0 radical (unpaired) electrons. The number of ketones is 1. The number of Topliss-reactive ketones (excluding diaryl/α,β-unsaturated/α-hetero) is 1. The topological polar surface area (TPSA) is 119 Å². The molecule has 0 bridgehead atoms. The maximum atomic E-state index is 11.7. The highest BCUT2D eigenvalue weighted by Crippen LogP contribution is 2.02. The van der Waals surface area contributed by atoms with Gasteiger partial charge < -0.3 is 19.9 Å². The van der Waals surface area contributed by atoms with Crippen molar-refractivity contribution in [2.45, 2.75) is 32.4 Å². The fraction of sp³-hybridized carbons (Fsp3) is 0.333. The van der Waals surface area contributed by atoms with Crippen LogP contribution in [-0.2, 0) is 30.5 Å². The Labute approximate surface area is 150 Å². The molecule has 0 aliphatic rings. The van der Waals surface area contributed by atoms with E-state index in [-0.39, 0.29) is 26.1 Å². The van der Waals surface area contributed by atoms with E-state index in [1.165, 1.54) is 12.2 Å². The van der Waals surface area contributed by atoms with Gasteiger partial charge in [-0.05, 0) is 18.9 Å². The average Bonchev–Trinajstić information content (AvgIpc) is 2.63. The second kappa shape index (κ2) is 11.4. The number of allylic oxidation sites excluding steroid dienone is 1. The number of esters is 1. The number of nitrogens with one attached hydrogen (secondary N) is 1. The van der Waals surface area contributed by atoms with Crippen LogP contribution in [0.5, 0.6) is 0 Å². The minimum absolute atomic E-state index is 0.0168. The van der Waals surface area contributed by atoms with Gasteiger partial charge in [0.1, 0.15) is 12.6 Å². The van der Waals surface area contributed by atoms with Crippen molar-refractivity contribution in [2.24, 2.45) is 0 Å². The summed E-state index contributed by atoms with van der Waals surface area (Å²) in [5, 5.41) is 11.4. The number of aliphatic carboxylic acids is 1. The normalized spacial score (nSPS) is 11.6. The Hall–Kier alpha value is -3.16. The minimum Gasteiger partial charge on any atom is -0.480 e. The fourth-order valence-electron chi connectivity index (χ4n) is 1.85. The lowest BCUT2D eigenvalue weighted by Crippen LogP contribution is -2.40. The van der Waals surface area contributed by atoms with Crippen LogP contribution in [0.1, 0.15) is 25.3 Å². The molecule has 0 aliphatic carbocycles. The third-order valence-electron chi connectivity index (χ3n) is 3.15. The second-order valence-corrected chi connectivity index (χ2v) is 5.15. The number of carboxylic acids is 1. The molecular formula is C18H21NO7. The van der Waals surface area contributed by atoms with Crippen molar-refractivity contribution in [1.82, 2.24) is 5.32 Å². The molecule has 1 amide bonds. The van der Waals surface area contributed by atoms with Crippen LogP contribution in [0.4, 0.5) is 4.79 Å². The number of hydrogen-bond acceptors (Lipinski definition) is 6. The van der Waals surface area contributed by atoms with E-state index >= 15 is 0 Å². The van der Waals surface area contributed by atoms with E-state index in [4.69, 9.17) is 9.84 Å². The Kier molecular flexibility index (Phi) is 9.16. The molecule has 0 aliphatic heterocycles. The van der Waals surface area contributed by atoms with Crippen LogP contribution in [0.2, 0.25) is 0 Å². The number of rotatable bonds is 10. The van der Waals surface area contributed by atoms with Crippen molar-refractivity contribution in [3.8, 4) is 0 Å². The van der Waals surface area contributed by atoms with Crippen molar-refractivity contribution in [2.75, 3.05) is 6.61 Å². The average molecular weight is 363 g/mol. The van der Waals surface area contributed by atoms with Crippen molar-refractivity contribution in [3.63, 3.8) is 0 Å². The maximum Gasteiger partial charge on any atom is 0.408 e. The quantitative estimate of drug-likeness (QED) is 0.370. The molecule has 8 nitrogen and oxygen atoms in total. The minimum atomic E-state index is -1.25. The number of benzene rings is 1. The van der Waals surface area contributed by atoms with Crippen LogP contribution in [0.25, 0.3) is 0 Å². The summed E-state index contributed by atoms with van der Waals surface area (Å²) >= 11 is 0. The van der Waals surface area contributed by atoms with E-state index in [9.17, 15) is 19.2 Å². The largest absolute Gasteiger partial charge is 0.480 e. The van der Waals surface area contributed by atoms with E-state index in [0.717, 1.165) is 5.56 Å². The number of carbonyl (C=O) groups is 4. The van der Waals surface area contributed by atoms with Crippen molar-refractivity contribution < 1.29 is 33.8 Å². The van der Waals surface area contributed by atoms with Gasteiger partial charge in [0, 0.05) is 6.42 Å². The molecule has 1 rings (SSSR count). The lowest BCUT2D eigenvalue weighted by molar-refractivity contribution is -0.153. The molecule has 2 N–H and O–H groups in total. The summed E-state index contributed by atoms with van der Waals surface area (Å²) in [7, 11) is 0. The monoisotopic (exact) mass is 363 g/mol. The van der Waals surface area contributed by atoms with Gasteiger partial charge in [-0.25, -0.2) is 14.4 Å². The van der Waals surface area contributed by atoms with Crippen LogP contribution in [-0.4, -0.2) is 41.6 Å². The van der Waals surface area contributed by atoms with E-state index < -0.39 is 29.9 Å². The highest BCUT2D eigenvalue weighted by atomic mass is 16.5. The Balaban J connectivity index is 2.42. The fourth-order valence-corrected chi connectivity index (χ4v) is 1.85. The van der Waals surface area contributed by atoms with Crippen LogP contribution in [0.3, 0.4) is 0 Å². The number of hydrogen-bond donors (Lipinski definition) is 2. The highest BCUT2D eigenvalue weighted by molar-refractivity contribution is 6.33. The predicted octanol–water partition coefficient (Wildman–Crippen LogP) is 1.83. The number of carboxylic acid groups (broad SMARTS) is 1. The van der Waals surface area contributed by atoms with Gasteiger partial charge in [-0.15, -0.1) is 0 Å². The first-order valence-electron chi connectivity index (χ1n) is 7.99. The molecule has 8 heteroatoms. The zero-order valence-corrected chi connectivity index (χ0v) is 14.3. The predicted molar refractivity (Wildman–Crippen MR) is 91.2 cm³/mol. The van der Waals surface area contributed by atoms with E-state index in [1.807, 2.05) is 6.07 Å². The Morgan fingerprint density at radius 1 is 1.12 bits per heavy atom. The van der Waals surface area contributed by atoms with Gasteiger partial charge in [0.05, 0.1) is 6.61 Å². The van der Waals surface area contributed by atoms with Gasteiger partial charge in [-0.1, -0.05) is 42.5 Å². The molecule has 0 saturated heterocycles. The summed E-state index contributed by atoms with van der Waals surface area (Å²) in [5.74, 6) is -2.91. The molecule has 26 heavy (non-hydrogen) atoms. The van der Waals surface area contributed by atoms with Crippen LogP contribution in [0, 0.1) is 0 Å². The van der Waals surface area contributed by atoms with Gasteiger partial charge in [0.15, 0.2) is 0 Å². The molecule has 1 aromatic carbocycles. The molecule has 1 aromatic rings. The number of ether oxygens (including phenoxy) is 2. The number of carbonyl (C=O) groups excluding carboxylic acids is 3. The van der Waals surface area contributed by atoms with E-state index in [2.05, 4.69) is 10.1 Å². The van der Waals surface area contributed by atoms with Crippen molar-refractivity contribution in [3.05, 3.63) is 48.0 Å². The summed E-state index contributed by atoms with van der Waals surface area (Å²) in [6.07, 6.45) is 1.62. The van der Waals surface area contributed by atoms with E-state index in [0.29, 0.717) is 0 Å². The molecule has 0 saturated carbocycles. The third-order valence-corrected chi connectivity index (χ3v) is 3.15. The van der Waals surface area contributed by atoms with E-state index in [1.54, 1.807) is 31.2 Å². The van der Waals surface area contributed by atoms with Gasteiger partial charge >= 0.3 is 18.0 Å². The summed E-state index contributed by atoms with van der Waals surface area (Å²) in [6.45, 7) is 1.70. The number of alkyl carbamates (subject to hydrolysis) is 1. The molecule has 0 spiro atoms. The number of amides is 1. The second-order valence-electron chi connectivity index (χ2n) is 5.15. The van der Waals surface area contributed by atoms with Gasteiger partial charge in [-0.3, -0.25) is 4.79 Å². The van der Waals surface area contributed by atoms with Crippen molar-refractivity contribution >= 4 is 23.8 Å². The van der Waals surface area contributed by atoms with Crippen LogP contribution < -0.4 is 5.32 Å². The Bertz CT molecular complexity index is 655. The van der Waals surface area contributed by atoms with Gasteiger partial charge in [-0.2, -0.15) is 0 Å². The first kappa shape index (κ1) is 20.9. The lowest BCUT2D eigenvalue weighted by Gasteiger charge is -2.13. The Morgan fingerprint density at radius 2 is 1.81 bits per heavy atom.